The van der Waals surface area contributed by atoms with Crippen molar-refractivity contribution in [2.75, 3.05) is 20.1 Å². The number of nitrogens with zero attached hydrogens (tertiary/aromatic N) is 1. The summed E-state index contributed by atoms with van der Waals surface area (Å²) in [5, 5.41) is 10.1. The first-order chi connectivity index (χ1) is 7.99. The van der Waals surface area contributed by atoms with Crippen LogP contribution < -0.4 is 0 Å². The van der Waals surface area contributed by atoms with Gasteiger partial charge in [0.1, 0.15) is 0 Å². The molecule has 0 saturated heterocycles. The lowest BCUT2D eigenvalue weighted by molar-refractivity contribution is 0.124. The Bertz CT molecular complexity index is 335. The predicted molar refractivity (Wildman–Crippen MR) is 73.1 cm³/mol. The molecule has 1 aromatic carbocycles. The van der Waals surface area contributed by atoms with Gasteiger partial charge in [-0.3, -0.25) is 0 Å². The van der Waals surface area contributed by atoms with E-state index in [0.29, 0.717) is 12.5 Å². The number of hydrogen-bond acceptors (Lipinski definition) is 2. The third-order valence-electron chi connectivity index (χ3n) is 3.00. The average Bonchev–Trinajstić information content (AvgIpc) is 2.26. The molecule has 0 aromatic heterocycles. The van der Waals surface area contributed by atoms with Crippen molar-refractivity contribution in [2.24, 2.45) is 5.92 Å². The zero-order valence-corrected chi connectivity index (χ0v) is 11.5. The van der Waals surface area contributed by atoms with Crippen LogP contribution in [0.1, 0.15) is 37.5 Å². The van der Waals surface area contributed by atoms with E-state index in [4.69, 9.17) is 0 Å². The van der Waals surface area contributed by atoms with Gasteiger partial charge in [-0.2, -0.15) is 0 Å². The summed E-state index contributed by atoms with van der Waals surface area (Å²) in [5.41, 5.74) is 2.22. The van der Waals surface area contributed by atoms with Crippen LogP contribution in [0.25, 0.3) is 0 Å². The van der Waals surface area contributed by atoms with Crippen molar-refractivity contribution >= 4 is 0 Å². The van der Waals surface area contributed by atoms with Crippen LogP contribution in [0.4, 0.5) is 0 Å². The van der Waals surface area contributed by atoms with Gasteiger partial charge < -0.3 is 10.0 Å². The molecule has 0 heterocycles. The number of benzene rings is 1. The zero-order chi connectivity index (χ0) is 12.8. The highest BCUT2D eigenvalue weighted by Crippen LogP contribution is 2.15. The number of aliphatic hydroxyl groups is 1. The number of aryl methyl sites for hydroxylation is 1. The molecule has 0 aliphatic heterocycles. The Morgan fingerprint density at radius 2 is 2.00 bits per heavy atom. The van der Waals surface area contributed by atoms with Gasteiger partial charge in [0.15, 0.2) is 0 Å². The fourth-order valence-corrected chi connectivity index (χ4v) is 1.85. The summed E-state index contributed by atoms with van der Waals surface area (Å²) in [6.45, 7) is 8.26. The molecule has 1 aromatic rings. The van der Waals surface area contributed by atoms with Gasteiger partial charge >= 0.3 is 0 Å². The summed E-state index contributed by atoms with van der Waals surface area (Å²) in [6, 6.07) is 8.11. The van der Waals surface area contributed by atoms with E-state index in [1.165, 1.54) is 12.0 Å². The first-order valence-electron chi connectivity index (χ1n) is 6.42. The van der Waals surface area contributed by atoms with Crippen molar-refractivity contribution in [2.45, 2.75) is 33.3 Å². The molecule has 0 radical (unpaired) electrons. The number of rotatable bonds is 6. The molecule has 0 fully saturated rings. The molecule has 0 aliphatic carbocycles. The number of likely N-dealkylation sites (N-methyl/N-ethyl adjacent to an activating group) is 1. The second-order valence-electron chi connectivity index (χ2n) is 5.37. The molecular formula is C15H25NO. The second kappa shape index (κ2) is 6.77. The summed E-state index contributed by atoms with van der Waals surface area (Å²) in [5.74, 6) is 0.716. The molecule has 2 heteroatoms. The van der Waals surface area contributed by atoms with Crippen molar-refractivity contribution in [1.29, 1.82) is 0 Å². The van der Waals surface area contributed by atoms with Crippen LogP contribution >= 0.6 is 0 Å². The van der Waals surface area contributed by atoms with E-state index in [2.05, 4.69) is 44.9 Å². The Morgan fingerprint density at radius 3 is 2.59 bits per heavy atom. The standard InChI is InChI=1S/C15H25NO/c1-12(2)8-9-16(4)11-15(17)14-7-5-6-13(3)10-14/h5-7,10,12,15,17H,8-9,11H2,1-4H3. The maximum Gasteiger partial charge on any atom is 0.0916 e. The SMILES string of the molecule is Cc1cccc(C(O)CN(C)CCC(C)C)c1. The van der Waals surface area contributed by atoms with Crippen LogP contribution in [0.5, 0.6) is 0 Å². The lowest BCUT2D eigenvalue weighted by Gasteiger charge is -2.21. The molecule has 96 valence electrons. The minimum Gasteiger partial charge on any atom is -0.387 e. The molecule has 2 nitrogen and oxygen atoms in total. The van der Waals surface area contributed by atoms with Crippen LogP contribution in [-0.2, 0) is 0 Å². The summed E-state index contributed by atoms with van der Waals surface area (Å²) in [4.78, 5) is 2.20. The first-order valence-corrected chi connectivity index (χ1v) is 6.42. The smallest absolute Gasteiger partial charge is 0.0916 e. The van der Waals surface area contributed by atoms with E-state index in [-0.39, 0.29) is 6.10 Å². The van der Waals surface area contributed by atoms with Gasteiger partial charge in [-0.1, -0.05) is 43.7 Å². The Morgan fingerprint density at radius 1 is 1.29 bits per heavy atom. The normalized spacial score (nSPS) is 13.4. The third kappa shape index (κ3) is 5.33. The molecule has 1 N–H and O–H groups in total. The van der Waals surface area contributed by atoms with Crippen LogP contribution in [0.3, 0.4) is 0 Å². The van der Waals surface area contributed by atoms with E-state index < -0.39 is 0 Å². The highest BCUT2D eigenvalue weighted by Gasteiger charge is 2.10. The lowest BCUT2D eigenvalue weighted by Crippen LogP contribution is -2.26. The molecule has 0 spiro atoms. The van der Waals surface area contributed by atoms with Crippen molar-refractivity contribution in [3.8, 4) is 0 Å². The fourth-order valence-electron chi connectivity index (χ4n) is 1.85. The summed E-state index contributed by atoms with van der Waals surface area (Å²) >= 11 is 0. The minimum atomic E-state index is -0.382. The van der Waals surface area contributed by atoms with Gasteiger partial charge in [0.2, 0.25) is 0 Å². The highest BCUT2D eigenvalue weighted by molar-refractivity contribution is 5.24. The topological polar surface area (TPSA) is 23.5 Å². The Balaban J connectivity index is 2.45. The van der Waals surface area contributed by atoms with Crippen molar-refractivity contribution in [3.63, 3.8) is 0 Å². The summed E-state index contributed by atoms with van der Waals surface area (Å²) in [7, 11) is 2.07. The monoisotopic (exact) mass is 235 g/mol. The Labute approximate surface area is 105 Å². The van der Waals surface area contributed by atoms with Crippen LogP contribution in [0.2, 0.25) is 0 Å². The zero-order valence-electron chi connectivity index (χ0n) is 11.5. The van der Waals surface area contributed by atoms with Gasteiger partial charge in [0, 0.05) is 6.54 Å². The van der Waals surface area contributed by atoms with E-state index in [9.17, 15) is 5.11 Å². The van der Waals surface area contributed by atoms with E-state index >= 15 is 0 Å². The molecule has 1 atom stereocenters. The third-order valence-corrected chi connectivity index (χ3v) is 3.00. The number of hydrogen-bond donors (Lipinski definition) is 1. The maximum absolute atomic E-state index is 10.1. The van der Waals surface area contributed by atoms with E-state index in [0.717, 1.165) is 12.1 Å². The van der Waals surface area contributed by atoms with Crippen molar-refractivity contribution in [1.82, 2.24) is 4.90 Å². The van der Waals surface area contributed by atoms with Crippen LogP contribution in [0, 0.1) is 12.8 Å². The molecule has 17 heavy (non-hydrogen) atoms. The largest absolute Gasteiger partial charge is 0.387 e. The predicted octanol–water partition coefficient (Wildman–Crippen LogP) is 3.01. The van der Waals surface area contributed by atoms with Gasteiger partial charge in [0.05, 0.1) is 6.10 Å². The summed E-state index contributed by atoms with van der Waals surface area (Å²) in [6.07, 6.45) is 0.795. The molecule has 0 saturated carbocycles. The Kier molecular flexibility index (Phi) is 5.66. The van der Waals surface area contributed by atoms with Gasteiger partial charge in [-0.05, 0) is 38.4 Å². The molecular weight excluding hydrogens is 210 g/mol. The van der Waals surface area contributed by atoms with E-state index in [1.807, 2.05) is 12.1 Å². The van der Waals surface area contributed by atoms with E-state index in [1.54, 1.807) is 0 Å². The van der Waals surface area contributed by atoms with Crippen LogP contribution in [-0.4, -0.2) is 30.1 Å². The maximum atomic E-state index is 10.1. The average molecular weight is 235 g/mol. The van der Waals surface area contributed by atoms with Crippen molar-refractivity contribution in [3.05, 3.63) is 35.4 Å². The molecule has 0 bridgehead atoms. The van der Waals surface area contributed by atoms with Gasteiger partial charge in [-0.15, -0.1) is 0 Å². The lowest BCUT2D eigenvalue weighted by atomic mass is 10.1. The van der Waals surface area contributed by atoms with Gasteiger partial charge in [0.25, 0.3) is 0 Å². The minimum absolute atomic E-state index is 0.382. The molecule has 0 aliphatic rings. The van der Waals surface area contributed by atoms with Crippen molar-refractivity contribution < 1.29 is 5.11 Å². The number of aliphatic hydroxyl groups excluding tert-OH is 1. The molecule has 1 rings (SSSR count). The van der Waals surface area contributed by atoms with Crippen LogP contribution in [0.15, 0.2) is 24.3 Å². The molecule has 0 amide bonds. The molecule has 1 unspecified atom stereocenters. The fraction of sp³-hybridized carbons (Fsp3) is 0.600. The highest BCUT2D eigenvalue weighted by atomic mass is 16.3. The van der Waals surface area contributed by atoms with Gasteiger partial charge in [-0.25, -0.2) is 0 Å². The second-order valence-corrected chi connectivity index (χ2v) is 5.37. The quantitative estimate of drug-likeness (QED) is 0.819. The Hall–Kier alpha value is -0.860. The first kappa shape index (κ1) is 14.2. The summed E-state index contributed by atoms with van der Waals surface area (Å²) < 4.78 is 0.